The lowest BCUT2D eigenvalue weighted by Crippen LogP contribution is -2.36. The summed E-state index contributed by atoms with van der Waals surface area (Å²) in [6, 6.07) is 1.40. The zero-order valence-electron chi connectivity index (χ0n) is 11.7. The summed E-state index contributed by atoms with van der Waals surface area (Å²) in [7, 11) is 1.23. The molecule has 0 bridgehead atoms. The molecule has 0 aliphatic carbocycles. The van der Waals surface area contributed by atoms with Gasteiger partial charge in [-0.05, 0) is 6.07 Å². The number of hydrogen-bond donors (Lipinski definition) is 4. The molecule has 0 saturated carbocycles. The Morgan fingerprint density at radius 2 is 2.23 bits per heavy atom. The Labute approximate surface area is 124 Å². The van der Waals surface area contributed by atoms with Gasteiger partial charge in [-0.15, -0.1) is 0 Å². The molecule has 4 atom stereocenters. The molecule has 0 unspecified atom stereocenters. The van der Waals surface area contributed by atoms with Crippen molar-refractivity contribution in [2.45, 2.75) is 24.5 Å². The second-order valence-corrected chi connectivity index (χ2v) is 4.66. The molecule has 1 saturated heterocycles. The topological polar surface area (TPSA) is 143 Å². The van der Waals surface area contributed by atoms with Crippen LogP contribution >= 0.6 is 0 Å². The van der Waals surface area contributed by atoms with Crippen LogP contribution in [0.1, 0.15) is 6.23 Å². The summed E-state index contributed by atoms with van der Waals surface area (Å²) >= 11 is 0. The molecule has 10 nitrogen and oxygen atoms in total. The molecule has 10 heteroatoms. The Morgan fingerprint density at radius 3 is 2.77 bits per heavy atom. The van der Waals surface area contributed by atoms with Gasteiger partial charge in [0.2, 0.25) is 0 Å². The summed E-state index contributed by atoms with van der Waals surface area (Å²) in [6.07, 6.45) is -3.51. The average Bonchev–Trinajstić information content (AvgIpc) is 2.80. The van der Waals surface area contributed by atoms with Crippen LogP contribution in [0, 0.1) is 0 Å². The van der Waals surface area contributed by atoms with Crippen molar-refractivity contribution in [3.8, 4) is 0 Å². The molecule has 0 amide bonds. The minimum atomic E-state index is -1.37. The van der Waals surface area contributed by atoms with Gasteiger partial charge in [0.25, 0.3) is 0 Å². The van der Waals surface area contributed by atoms with E-state index in [1.807, 2.05) is 0 Å². The van der Waals surface area contributed by atoms with Gasteiger partial charge in [-0.25, -0.2) is 4.79 Å². The highest BCUT2D eigenvalue weighted by molar-refractivity contribution is 5.74. The van der Waals surface area contributed by atoms with Crippen LogP contribution in [0.2, 0.25) is 0 Å². The van der Waals surface area contributed by atoms with Gasteiger partial charge in [-0.3, -0.25) is 9.36 Å². The van der Waals surface area contributed by atoms with Gasteiger partial charge < -0.3 is 30.1 Å². The number of aliphatic hydroxyl groups is 3. The lowest BCUT2D eigenvalue weighted by Gasteiger charge is -2.17. The van der Waals surface area contributed by atoms with E-state index in [4.69, 9.17) is 9.84 Å². The smallest absolute Gasteiger partial charge is 0.351 e. The zero-order valence-corrected chi connectivity index (χ0v) is 11.7. The van der Waals surface area contributed by atoms with Gasteiger partial charge in [0.05, 0.1) is 13.7 Å². The lowest BCUT2D eigenvalue weighted by atomic mass is 10.1. The van der Waals surface area contributed by atoms with E-state index in [1.165, 1.54) is 19.4 Å². The molecule has 1 aromatic rings. The van der Waals surface area contributed by atoms with E-state index in [9.17, 15) is 19.8 Å². The number of nitrogens with one attached hydrogen (secondary N) is 1. The van der Waals surface area contributed by atoms with Crippen LogP contribution in [0.3, 0.4) is 0 Å². The van der Waals surface area contributed by atoms with E-state index in [-0.39, 0.29) is 12.4 Å². The number of ether oxygens (including phenoxy) is 2. The first-order chi connectivity index (χ1) is 10.5. The fourth-order valence-electron chi connectivity index (χ4n) is 2.05. The number of carbonyl (C=O) groups excluding carboxylic acids is 1. The van der Waals surface area contributed by atoms with Crippen LogP contribution in [0.25, 0.3) is 0 Å². The molecule has 1 aromatic heterocycles. The number of aromatic nitrogens is 2. The second-order valence-electron chi connectivity index (χ2n) is 4.66. The van der Waals surface area contributed by atoms with Gasteiger partial charge >= 0.3 is 11.7 Å². The molecule has 0 radical (unpaired) electrons. The largest absolute Gasteiger partial charge is 0.468 e. The van der Waals surface area contributed by atoms with E-state index < -0.39 is 42.8 Å². The molecule has 2 rings (SSSR count). The van der Waals surface area contributed by atoms with Crippen LogP contribution in [-0.4, -0.2) is 69.4 Å². The fraction of sp³-hybridized carbons (Fsp3) is 0.583. The number of anilines is 1. The standard InChI is InChI=1S/C12H17N3O7/c1-21-8(17)4-13-7-2-3-15(12(20)14-7)11-10(19)9(18)6(5-16)22-11/h2-3,6,9-11,16,18-19H,4-5H2,1H3,(H,13,14,20)/t6-,9+,10-,11+/m0/s1. The van der Waals surface area contributed by atoms with Crippen molar-refractivity contribution in [2.75, 3.05) is 25.6 Å². The van der Waals surface area contributed by atoms with Crippen molar-refractivity contribution in [1.29, 1.82) is 0 Å². The number of methoxy groups -OCH3 is 1. The SMILES string of the molecule is COC(=O)CNc1ccn([C@@H]2O[C@@H](CO)[C@@H](O)[C@@H]2O)c(=O)n1. The highest BCUT2D eigenvalue weighted by Crippen LogP contribution is 2.28. The van der Waals surface area contributed by atoms with E-state index in [2.05, 4.69) is 15.0 Å². The maximum absolute atomic E-state index is 11.9. The summed E-state index contributed by atoms with van der Waals surface area (Å²) < 4.78 is 10.7. The predicted octanol–water partition coefficient (Wildman–Crippen LogP) is -2.56. The Hall–Kier alpha value is -2.01. The summed E-state index contributed by atoms with van der Waals surface area (Å²) in [5.41, 5.74) is -0.746. The molecule has 1 aliphatic heterocycles. The number of hydrogen-bond acceptors (Lipinski definition) is 9. The van der Waals surface area contributed by atoms with Crippen LogP contribution in [-0.2, 0) is 14.3 Å². The molecule has 22 heavy (non-hydrogen) atoms. The normalized spacial score (nSPS) is 27.6. The molecular weight excluding hydrogens is 298 g/mol. The van der Waals surface area contributed by atoms with Crippen molar-refractivity contribution in [3.63, 3.8) is 0 Å². The van der Waals surface area contributed by atoms with Crippen LogP contribution in [0.4, 0.5) is 5.82 Å². The zero-order chi connectivity index (χ0) is 16.3. The van der Waals surface area contributed by atoms with Crippen molar-refractivity contribution >= 4 is 11.8 Å². The molecule has 1 aliphatic rings. The first kappa shape index (κ1) is 16.4. The maximum Gasteiger partial charge on any atom is 0.351 e. The van der Waals surface area contributed by atoms with Crippen LogP contribution < -0.4 is 11.0 Å². The molecule has 122 valence electrons. The van der Waals surface area contributed by atoms with Gasteiger partial charge in [0, 0.05) is 6.20 Å². The Balaban J connectivity index is 2.13. The monoisotopic (exact) mass is 315 g/mol. The van der Waals surface area contributed by atoms with E-state index in [1.54, 1.807) is 0 Å². The first-order valence-corrected chi connectivity index (χ1v) is 6.50. The molecular formula is C12H17N3O7. The molecule has 4 N–H and O–H groups in total. The predicted molar refractivity (Wildman–Crippen MR) is 72.0 cm³/mol. The Bertz CT molecular complexity index is 590. The number of carbonyl (C=O) groups is 1. The van der Waals surface area contributed by atoms with Gasteiger partial charge in [-0.2, -0.15) is 4.98 Å². The van der Waals surface area contributed by atoms with E-state index in [0.29, 0.717) is 0 Å². The molecule has 0 aromatic carbocycles. The van der Waals surface area contributed by atoms with Crippen molar-refractivity contribution in [1.82, 2.24) is 9.55 Å². The van der Waals surface area contributed by atoms with Crippen molar-refractivity contribution in [3.05, 3.63) is 22.7 Å². The van der Waals surface area contributed by atoms with E-state index in [0.717, 1.165) is 4.57 Å². The quantitative estimate of drug-likeness (QED) is 0.431. The number of aliphatic hydroxyl groups excluding tert-OH is 3. The lowest BCUT2D eigenvalue weighted by molar-refractivity contribution is -0.138. The van der Waals surface area contributed by atoms with Gasteiger partial charge in [0.1, 0.15) is 30.7 Å². The highest BCUT2D eigenvalue weighted by atomic mass is 16.6. The van der Waals surface area contributed by atoms with Gasteiger partial charge in [0.15, 0.2) is 6.23 Å². The minimum absolute atomic E-state index is 0.151. The number of rotatable bonds is 5. The Morgan fingerprint density at radius 1 is 1.50 bits per heavy atom. The van der Waals surface area contributed by atoms with E-state index >= 15 is 0 Å². The second kappa shape index (κ2) is 6.83. The molecule has 1 fully saturated rings. The third-order valence-corrected chi connectivity index (χ3v) is 3.26. The van der Waals surface area contributed by atoms with Crippen molar-refractivity contribution in [2.24, 2.45) is 0 Å². The maximum atomic E-state index is 11.9. The summed E-state index contributed by atoms with van der Waals surface area (Å²) in [5.74, 6) is -0.368. The minimum Gasteiger partial charge on any atom is -0.468 e. The Kier molecular flexibility index (Phi) is 5.08. The third kappa shape index (κ3) is 3.25. The molecule has 2 heterocycles. The summed E-state index contributed by atoms with van der Waals surface area (Å²) in [4.78, 5) is 26.6. The van der Waals surface area contributed by atoms with Crippen LogP contribution in [0.5, 0.6) is 0 Å². The third-order valence-electron chi connectivity index (χ3n) is 3.26. The molecule has 0 spiro atoms. The van der Waals surface area contributed by atoms with Gasteiger partial charge in [-0.1, -0.05) is 0 Å². The number of esters is 1. The summed E-state index contributed by atoms with van der Waals surface area (Å²) in [5, 5.41) is 31.2. The average molecular weight is 315 g/mol. The fourth-order valence-corrected chi connectivity index (χ4v) is 2.05. The van der Waals surface area contributed by atoms with Crippen molar-refractivity contribution < 1.29 is 29.6 Å². The summed E-state index contributed by atoms with van der Waals surface area (Å²) in [6.45, 7) is -0.642. The first-order valence-electron chi connectivity index (χ1n) is 6.50. The van der Waals surface area contributed by atoms with Crippen LogP contribution in [0.15, 0.2) is 17.1 Å². The highest BCUT2D eigenvalue weighted by Gasteiger charge is 2.43. The number of nitrogens with zero attached hydrogens (tertiary/aromatic N) is 2.